The van der Waals surface area contributed by atoms with Gasteiger partial charge in [0.15, 0.2) is 0 Å². The maximum absolute atomic E-state index is 12.9. The molecule has 2 atom stereocenters. The van der Waals surface area contributed by atoms with Crippen LogP contribution in [0.15, 0.2) is 109 Å². The van der Waals surface area contributed by atoms with Crippen LogP contribution in [0.25, 0.3) is 0 Å². The Bertz CT molecular complexity index is 2520. The van der Waals surface area contributed by atoms with E-state index in [-0.39, 0.29) is 86.5 Å². The highest BCUT2D eigenvalue weighted by Gasteiger charge is 2.43. The molecule has 0 saturated heterocycles. The minimum atomic E-state index is -0.984. The molecule has 2 unspecified atom stereocenters. The number of para-hydroxylation sites is 2. The van der Waals surface area contributed by atoms with Crippen molar-refractivity contribution in [1.82, 2.24) is 10.6 Å². The normalized spacial score (nSPS) is 13.2. The maximum atomic E-state index is 12.9. The Morgan fingerprint density at radius 3 is 1.10 bits per heavy atom. The lowest BCUT2D eigenvalue weighted by molar-refractivity contribution is -0.140. The molecule has 0 aliphatic heterocycles. The third-order valence-electron chi connectivity index (χ3n) is 17.7. The average molecular weight is 1290 g/mol. The van der Waals surface area contributed by atoms with Crippen LogP contribution in [0.3, 0.4) is 0 Å². The molecule has 3 rings (SSSR count). The van der Waals surface area contributed by atoms with Crippen LogP contribution in [0.1, 0.15) is 176 Å². The van der Waals surface area contributed by atoms with Crippen molar-refractivity contribution in [2.45, 2.75) is 210 Å². The fourth-order valence-electron chi connectivity index (χ4n) is 9.16. The van der Waals surface area contributed by atoms with E-state index < -0.39 is 57.7 Å². The number of nitrogens with one attached hydrogen (secondary N) is 2. The number of carbonyl (C=O) groups is 4. The van der Waals surface area contributed by atoms with Gasteiger partial charge in [0.2, 0.25) is 0 Å². The monoisotopic (exact) mass is 1290 g/mol. The van der Waals surface area contributed by atoms with Gasteiger partial charge in [0.1, 0.15) is 47.4 Å². The number of rotatable bonds is 46. The van der Waals surface area contributed by atoms with Crippen LogP contribution >= 0.6 is 0 Å². The number of ether oxygens (including phenoxy) is 12. The number of amides is 2. The summed E-state index contributed by atoms with van der Waals surface area (Å²) >= 11 is 0. The summed E-state index contributed by atoms with van der Waals surface area (Å²) in [5.74, 6) is 1.16. The third kappa shape index (κ3) is 30.2. The highest BCUT2D eigenvalue weighted by molar-refractivity contribution is 5.87. The van der Waals surface area contributed by atoms with Gasteiger partial charge in [0, 0.05) is 43.3 Å². The zero-order valence-electron chi connectivity index (χ0n) is 59.3. The summed E-state index contributed by atoms with van der Waals surface area (Å²) in [5, 5.41) is 5.33. The molecule has 0 aliphatic carbocycles. The Kier molecular flexibility index (Phi) is 32.6. The van der Waals surface area contributed by atoms with Gasteiger partial charge in [-0.05, 0) is 170 Å². The molecule has 0 radical (unpaired) electrons. The Morgan fingerprint density at radius 2 is 0.750 bits per heavy atom. The molecule has 2 N–H and O–H groups in total. The molecule has 2 amide bonds. The summed E-state index contributed by atoms with van der Waals surface area (Å²) in [6.45, 7) is 46.7. The lowest BCUT2D eigenvalue weighted by Gasteiger charge is -2.44. The highest BCUT2D eigenvalue weighted by Crippen LogP contribution is 2.41. The molecule has 0 fully saturated rings. The van der Waals surface area contributed by atoms with E-state index in [9.17, 15) is 19.2 Å². The number of hydrogen-bond acceptors (Lipinski definition) is 16. The zero-order chi connectivity index (χ0) is 68.9. The molecule has 0 aromatic heterocycles. The van der Waals surface area contributed by atoms with Crippen LogP contribution in [0, 0.1) is 22.7 Å². The van der Waals surface area contributed by atoms with E-state index in [4.69, 9.17) is 56.8 Å². The summed E-state index contributed by atoms with van der Waals surface area (Å²) in [6.07, 6.45) is 5.57. The summed E-state index contributed by atoms with van der Waals surface area (Å²) in [6, 6.07) is 26.8. The minimum absolute atomic E-state index is 0.00676. The van der Waals surface area contributed by atoms with Crippen molar-refractivity contribution in [3.05, 3.63) is 109 Å². The number of carbonyl (C=O) groups excluding carboxylic acids is 4. The van der Waals surface area contributed by atoms with Crippen molar-refractivity contribution in [2.75, 3.05) is 79.2 Å². The average Bonchev–Trinajstić information content (AvgIpc) is 0.840. The first-order chi connectivity index (χ1) is 42.9. The molecule has 3 aromatic carbocycles. The predicted molar refractivity (Wildman–Crippen MR) is 362 cm³/mol. The largest absolute Gasteiger partial charge is 0.493 e. The van der Waals surface area contributed by atoms with Gasteiger partial charge in [-0.15, -0.1) is 0 Å². The fraction of sp³-hybridized carbons (Fsp3) is 0.649. The number of hydrogen-bond donors (Lipinski definition) is 2. The minimum Gasteiger partial charge on any atom is -0.493 e. The first kappa shape index (κ1) is 79.9. The smallest absolute Gasteiger partial charge is 0.407 e. The summed E-state index contributed by atoms with van der Waals surface area (Å²) in [5.41, 5.74) is -3.72. The number of unbranched alkanes of at least 4 members (excludes halogenated alkanes) is 2. The van der Waals surface area contributed by atoms with Crippen LogP contribution in [-0.4, -0.2) is 137 Å². The molecular formula is C74H116N2O16. The van der Waals surface area contributed by atoms with Crippen LogP contribution < -0.4 is 29.6 Å². The number of benzene rings is 3. The Hall–Kier alpha value is -6.34. The molecule has 3 aromatic rings. The van der Waals surface area contributed by atoms with Gasteiger partial charge in [0.05, 0.1) is 87.0 Å². The van der Waals surface area contributed by atoms with Crippen molar-refractivity contribution in [3.63, 3.8) is 0 Å². The summed E-state index contributed by atoms with van der Waals surface area (Å²) in [4.78, 5) is 49.4. The van der Waals surface area contributed by atoms with Crippen LogP contribution in [0.5, 0.6) is 23.0 Å². The van der Waals surface area contributed by atoms with Gasteiger partial charge in [-0.25, -0.2) is 19.2 Å². The molecule has 18 nitrogen and oxygen atoms in total. The first-order valence-electron chi connectivity index (χ1n) is 32.7. The molecule has 0 aliphatic rings. The lowest BCUT2D eigenvalue weighted by atomic mass is 9.73. The van der Waals surface area contributed by atoms with Gasteiger partial charge >= 0.3 is 24.1 Å². The molecule has 18 heteroatoms. The van der Waals surface area contributed by atoms with E-state index in [0.717, 1.165) is 50.0 Å². The molecule has 0 bridgehead atoms. The zero-order valence-corrected chi connectivity index (χ0v) is 59.3. The van der Waals surface area contributed by atoms with Crippen LogP contribution in [0.2, 0.25) is 0 Å². The molecular weight excluding hydrogens is 1170 g/mol. The second kappa shape index (κ2) is 37.5. The molecule has 0 saturated carbocycles. The van der Waals surface area contributed by atoms with Crippen molar-refractivity contribution >= 4 is 24.1 Å². The van der Waals surface area contributed by atoms with E-state index in [0.29, 0.717) is 50.8 Å². The Labute approximate surface area is 552 Å². The fourth-order valence-corrected chi connectivity index (χ4v) is 9.16. The van der Waals surface area contributed by atoms with E-state index in [1.807, 2.05) is 113 Å². The molecule has 92 heavy (non-hydrogen) atoms. The van der Waals surface area contributed by atoms with E-state index in [1.165, 1.54) is 0 Å². The molecule has 518 valence electrons. The van der Waals surface area contributed by atoms with Crippen molar-refractivity contribution in [3.8, 4) is 23.0 Å². The van der Waals surface area contributed by atoms with Crippen molar-refractivity contribution in [1.29, 1.82) is 0 Å². The van der Waals surface area contributed by atoms with E-state index in [2.05, 4.69) is 107 Å². The lowest BCUT2D eigenvalue weighted by Crippen LogP contribution is -2.48. The van der Waals surface area contributed by atoms with Gasteiger partial charge in [-0.1, -0.05) is 96.2 Å². The number of alkyl carbamates (subject to hydrolysis) is 2. The second-order valence-electron chi connectivity index (χ2n) is 28.5. The summed E-state index contributed by atoms with van der Waals surface area (Å²) < 4.78 is 73.1. The summed E-state index contributed by atoms with van der Waals surface area (Å²) in [7, 11) is 0. The van der Waals surface area contributed by atoms with Gasteiger partial charge < -0.3 is 67.5 Å². The van der Waals surface area contributed by atoms with Crippen LogP contribution in [-0.2, 0) is 47.5 Å². The van der Waals surface area contributed by atoms with Crippen LogP contribution in [0.4, 0.5) is 9.59 Å². The SMILES string of the molecule is C=C(C)C(=O)OCCNC(=O)OC(C)(C)C(COc1ccccc1)COC(C)(C)C(C)(C)CCCCOC(C)(C)CCOc1cccc(OCCC(C)(C)OCCCCC(C)(C)C(C)(C)OCC(COc2ccccc2)C(C)(C)OC(=O)NCCOC(=O)C(=C)C)c1. The third-order valence-corrected chi connectivity index (χ3v) is 17.7. The van der Waals surface area contributed by atoms with E-state index >= 15 is 0 Å². The topological polar surface area (TPSA) is 203 Å². The molecule has 0 heterocycles. The van der Waals surface area contributed by atoms with Gasteiger partial charge in [-0.2, -0.15) is 0 Å². The standard InChI is InChI=1S/C74H116N2O16/c1-55(2)63(77)83-48-42-75-65(79)91-71(13,14)57(51-85-59-32-23-21-24-33-59)53-89-73(17,18)67(5,6)38-27-29-44-87-69(9,10)40-46-81-61-36-31-37-62(50-61)82-47-41-70(11,12)88-45-30-28-39-68(7,8)74(19,20)90-54-58(52-86-60-34-25-22-26-35-60)72(15,16)92-66(80)76-43-49-84-64(78)56(3)4/h21-26,31-37,50,57-58H,1,3,27-30,38-49,51-54H2,2,4-20H3,(H,75,79)(H,76,80). The predicted octanol–water partition coefficient (Wildman–Crippen LogP) is 15.4. The Balaban J connectivity index is 1.40. The molecule has 0 spiro atoms. The quantitative estimate of drug-likeness (QED) is 0.0234. The van der Waals surface area contributed by atoms with Crippen molar-refractivity contribution in [2.24, 2.45) is 22.7 Å². The van der Waals surface area contributed by atoms with Gasteiger partial charge in [0.25, 0.3) is 0 Å². The first-order valence-corrected chi connectivity index (χ1v) is 32.7. The van der Waals surface area contributed by atoms with Gasteiger partial charge in [-0.3, -0.25) is 0 Å². The second-order valence-corrected chi connectivity index (χ2v) is 28.5. The highest BCUT2D eigenvalue weighted by atomic mass is 16.6. The maximum Gasteiger partial charge on any atom is 0.407 e. The number of esters is 2. The van der Waals surface area contributed by atoms with Crippen molar-refractivity contribution < 1.29 is 76.0 Å². The van der Waals surface area contributed by atoms with E-state index in [1.54, 1.807) is 13.8 Å². The Morgan fingerprint density at radius 1 is 0.402 bits per heavy atom.